The number of halogens is 1. The van der Waals surface area contributed by atoms with Crippen molar-refractivity contribution in [3.8, 4) is 5.75 Å². The van der Waals surface area contributed by atoms with Gasteiger partial charge in [0.25, 0.3) is 0 Å². The minimum Gasteiger partial charge on any atom is -0.484 e. The van der Waals surface area contributed by atoms with Crippen LogP contribution in [0.2, 0.25) is 5.02 Å². The minimum absolute atomic E-state index is 0.220. The topological polar surface area (TPSA) is 44.5 Å². The molecule has 8 heteroatoms. The van der Waals surface area contributed by atoms with E-state index in [1.165, 1.54) is 0 Å². The van der Waals surface area contributed by atoms with Crippen molar-refractivity contribution in [3.63, 3.8) is 0 Å². The lowest BCUT2D eigenvalue weighted by Gasteiger charge is -2.36. The number of nitrogens with zero attached hydrogens (tertiary/aromatic N) is 4. The number of benzene rings is 1. The maximum Gasteiger partial charge on any atom is 0.198 e. The fourth-order valence-electron chi connectivity index (χ4n) is 2.80. The Labute approximate surface area is 157 Å². The summed E-state index contributed by atoms with van der Waals surface area (Å²) in [7, 11) is 1.91. The van der Waals surface area contributed by atoms with Crippen LogP contribution < -0.4 is 4.74 Å². The minimum atomic E-state index is 0.220. The van der Waals surface area contributed by atoms with Gasteiger partial charge in [-0.25, -0.2) is 4.68 Å². The fraction of sp³-hybridized carbons (Fsp3) is 0.529. The number of para-hydroxylation sites is 1. The van der Waals surface area contributed by atoms with Gasteiger partial charge in [0.2, 0.25) is 0 Å². The van der Waals surface area contributed by atoms with E-state index >= 15 is 0 Å². The molecular weight excluding hydrogens is 360 g/mol. The molecule has 1 aliphatic heterocycles. The first-order chi connectivity index (χ1) is 12.0. The second-order valence-electron chi connectivity index (χ2n) is 6.38. The van der Waals surface area contributed by atoms with Gasteiger partial charge in [0.15, 0.2) is 10.6 Å². The molecule has 2 unspecified atom stereocenters. The summed E-state index contributed by atoms with van der Waals surface area (Å²) in [5.74, 6) is 1.40. The molecular formula is C17H23ClN4O2S. The second kappa shape index (κ2) is 7.86. The van der Waals surface area contributed by atoms with Gasteiger partial charge < -0.3 is 14.0 Å². The molecule has 1 saturated heterocycles. The average Bonchev–Trinajstić information content (AvgIpc) is 2.85. The van der Waals surface area contributed by atoms with Gasteiger partial charge in [0.1, 0.15) is 12.4 Å². The highest BCUT2D eigenvalue weighted by Gasteiger charge is 2.24. The quantitative estimate of drug-likeness (QED) is 0.743. The van der Waals surface area contributed by atoms with Crippen molar-refractivity contribution in [2.45, 2.75) is 39.3 Å². The first kappa shape index (κ1) is 18.4. The molecule has 0 N–H and O–H groups in total. The number of morpholine rings is 1. The molecule has 0 radical (unpaired) electrons. The lowest BCUT2D eigenvalue weighted by molar-refractivity contribution is -0.0625. The SMILES string of the molecule is CC1CN(Cn2nc(COc3ccccc3Cl)n(C)c2=S)C(C)CO1. The van der Waals surface area contributed by atoms with Crippen molar-refractivity contribution in [2.75, 3.05) is 13.2 Å². The van der Waals surface area contributed by atoms with E-state index < -0.39 is 0 Å². The summed E-state index contributed by atoms with van der Waals surface area (Å²) >= 11 is 11.7. The van der Waals surface area contributed by atoms with Gasteiger partial charge in [-0.3, -0.25) is 4.90 Å². The van der Waals surface area contributed by atoms with Crippen LogP contribution in [0.1, 0.15) is 19.7 Å². The molecule has 1 aromatic heterocycles. The van der Waals surface area contributed by atoms with Crippen molar-refractivity contribution in [3.05, 3.63) is 39.9 Å². The van der Waals surface area contributed by atoms with Crippen molar-refractivity contribution < 1.29 is 9.47 Å². The van der Waals surface area contributed by atoms with E-state index in [9.17, 15) is 0 Å². The van der Waals surface area contributed by atoms with Gasteiger partial charge in [-0.2, -0.15) is 5.10 Å². The fourth-order valence-corrected chi connectivity index (χ4v) is 3.19. The maximum absolute atomic E-state index is 6.13. The van der Waals surface area contributed by atoms with Gasteiger partial charge in [-0.1, -0.05) is 23.7 Å². The Hall–Kier alpha value is -1.41. The van der Waals surface area contributed by atoms with Crippen molar-refractivity contribution >= 4 is 23.8 Å². The van der Waals surface area contributed by atoms with Crippen LogP contribution in [-0.4, -0.2) is 44.5 Å². The highest BCUT2D eigenvalue weighted by molar-refractivity contribution is 7.71. The van der Waals surface area contributed by atoms with Crippen molar-refractivity contribution in [1.82, 2.24) is 19.2 Å². The van der Waals surface area contributed by atoms with Crippen LogP contribution in [0.15, 0.2) is 24.3 Å². The number of hydrogen-bond acceptors (Lipinski definition) is 5. The van der Waals surface area contributed by atoms with E-state index in [1.54, 1.807) is 6.07 Å². The molecule has 6 nitrogen and oxygen atoms in total. The Morgan fingerprint density at radius 2 is 2.12 bits per heavy atom. The van der Waals surface area contributed by atoms with Gasteiger partial charge >= 0.3 is 0 Å². The predicted molar refractivity (Wildman–Crippen MR) is 99.4 cm³/mol. The van der Waals surface area contributed by atoms with Crippen LogP contribution in [0.3, 0.4) is 0 Å². The predicted octanol–water partition coefficient (Wildman–Crippen LogP) is 3.25. The highest BCUT2D eigenvalue weighted by atomic mass is 35.5. The summed E-state index contributed by atoms with van der Waals surface area (Å²) in [6, 6.07) is 7.73. The highest BCUT2D eigenvalue weighted by Crippen LogP contribution is 2.24. The van der Waals surface area contributed by atoms with Crippen molar-refractivity contribution in [1.29, 1.82) is 0 Å². The molecule has 2 aromatic rings. The third-order valence-corrected chi connectivity index (χ3v) is 5.17. The van der Waals surface area contributed by atoms with E-state index in [1.807, 2.05) is 34.5 Å². The normalized spacial score (nSPS) is 21.4. The summed E-state index contributed by atoms with van der Waals surface area (Å²) in [5, 5.41) is 5.22. The van der Waals surface area contributed by atoms with Crippen molar-refractivity contribution in [2.24, 2.45) is 7.05 Å². The average molecular weight is 383 g/mol. The summed E-state index contributed by atoms with van der Waals surface area (Å²) < 4.78 is 15.9. The smallest absolute Gasteiger partial charge is 0.198 e. The van der Waals surface area contributed by atoms with Crippen LogP contribution in [0.4, 0.5) is 0 Å². The number of rotatable bonds is 5. The van der Waals surface area contributed by atoms with E-state index in [2.05, 4.69) is 23.8 Å². The third-order valence-electron chi connectivity index (χ3n) is 4.38. The monoisotopic (exact) mass is 382 g/mol. The lowest BCUT2D eigenvalue weighted by Crippen LogP contribution is -2.47. The van der Waals surface area contributed by atoms with Gasteiger partial charge in [0, 0.05) is 19.6 Å². The molecule has 25 heavy (non-hydrogen) atoms. The number of hydrogen-bond donors (Lipinski definition) is 0. The summed E-state index contributed by atoms with van der Waals surface area (Å²) in [6.07, 6.45) is 0.220. The molecule has 0 amide bonds. The Bertz CT molecular complexity index is 791. The van der Waals surface area contributed by atoms with E-state index in [4.69, 9.17) is 33.3 Å². The van der Waals surface area contributed by atoms with Crippen LogP contribution in [0.5, 0.6) is 5.75 Å². The number of ether oxygens (including phenoxy) is 2. The summed E-state index contributed by atoms with van der Waals surface area (Å²) in [6.45, 7) is 6.79. The Morgan fingerprint density at radius 3 is 2.88 bits per heavy atom. The molecule has 1 aliphatic rings. The molecule has 1 fully saturated rings. The van der Waals surface area contributed by atoms with Crippen LogP contribution in [0, 0.1) is 4.77 Å². The summed E-state index contributed by atoms with van der Waals surface area (Å²) in [5.41, 5.74) is 0. The summed E-state index contributed by atoms with van der Waals surface area (Å²) in [4.78, 5) is 2.33. The lowest BCUT2D eigenvalue weighted by atomic mass is 10.2. The van der Waals surface area contributed by atoms with E-state index in [0.29, 0.717) is 34.9 Å². The van der Waals surface area contributed by atoms with E-state index in [-0.39, 0.29) is 6.10 Å². The zero-order valence-corrected chi connectivity index (χ0v) is 16.3. The third kappa shape index (κ3) is 4.23. The molecule has 2 atom stereocenters. The zero-order chi connectivity index (χ0) is 18.0. The molecule has 0 aliphatic carbocycles. The van der Waals surface area contributed by atoms with Gasteiger partial charge in [-0.15, -0.1) is 0 Å². The molecule has 0 bridgehead atoms. The number of aromatic nitrogens is 3. The molecule has 2 heterocycles. The van der Waals surface area contributed by atoms with Crippen LogP contribution >= 0.6 is 23.8 Å². The Kier molecular flexibility index (Phi) is 5.78. The molecule has 3 rings (SSSR count). The van der Waals surface area contributed by atoms with Crippen LogP contribution in [0.25, 0.3) is 0 Å². The second-order valence-corrected chi connectivity index (χ2v) is 7.15. The maximum atomic E-state index is 6.13. The molecule has 1 aromatic carbocycles. The Morgan fingerprint density at radius 1 is 1.36 bits per heavy atom. The standard InChI is InChI=1S/C17H23ClN4O2S/c1-12-9-23-13(2)8-21(12)11-22-17(25)20(3)16(19-22)10-24-15-7-5-4-6-14(15)18/h4-7,12-13H,8-11H2,1-3H3. The largest absolute Gasteiger partial charge is 0.484 e. The molecule has 0 saturated carbocycles. The molecule has 0 spiro atoms. The van der Waals surface area contributed by atoms with E-state index in [0.717, 1.165) is 19.0 Å². The zero-order valence-electron chi connectivity index (χ0n) is 14.7. The first-order valence-electron chi connectivity index (χ1n) is 8.31. The Balaban J connectivity index is 1.72. The van der Waals surface area contributed by atoms with Gasteiger partial charge in [0.05, 0.1) is 24.4 Å². The molecule has 136 valence electrons. The van der Waals surface area contributed by atoms with Crippen LogP contribution in [-0.2, 0) is 25.1 Å². The van der Waals surface area contributed by atoms with Gasteiger partial charge in [-0.05, 0) is 38.2 Å². The first-order valence-corrected chi connectivity index (χ1v) is 9.10.